The maximum Gasteiger partial charge on any atom is 0.0733 e. The minimum absolute atomic E-state index is 0.450. The van der Waals surface area contributed by atoms with Crippen molar-refractivity contribution in [3.05, 3.63) is 0 Å². The van der Waals surface area contributed by atoms with Gasteiger partial charge in [-0.3, -0.25) is 4.90 Å². The van der Waals surface area contributed by atoms with E-state index in [1.807, 2.05) is 0 Å². The average Bonchev–Trinajstić information content (AvgIpc) is 2.97. The number of hydrogen-bond donors (Lipinski definition) is 1. The van der Waals surface area contributed by atoms with Crippen molar-refractivity contribution in [1.29, 1.82) is 0 Å². The fourth-order valence-corrected chi connectivity index (χ4v) is 3.16. The van der Waals surface area contributed by atoms with Gasteiger partial charge in [-0.1, -0.05) is 12.2 Å². The lowest BCUT2D eigenvalue weighted by molar-refractivity contribution is 0.0941. The molecule has 2 rings (SSSR count). The van der Waals surface area contributed by atoms with Crippen molar-refractivity contribution in [2.45, 2.75) is 39.2 Å². The Hall–Kier alpha value is -0.190. The smallest absolute Gasteiger partial charge is 0.0733 e. The lowest BCUT2D eigenvalue weighted by atomic mass is 10.0. The van der Waals surface area contributed by atoms with Crippen molar-refractivity contribution in [3.8, 4) is 0 Å². The molecule has 1 aliphatic carbocycles. The highest BCUT2D eigenvalue weighted by Crippen LogP contribution is 2.49. The zero-order valence-electron chi connectivity index (χ0n) is 11.1. The Bertz CT molecular complexity index is 278. The lowest BCUT2D eigenvalue weighted by Gasteiger charge is -2.38. The Labute approximate surface area is 110 Å². The maximum atomic E-state index is 5.69. The first-order valence-corrected chi connectivity index (χ1v) is 7.16. The van der Waals surface area contributed by atoms with E-state index in [0.29, 0.717) is 16.4 Å². The van der Waals surface area contributed by atoms with Gasteiger partial charge in [-0.05, 0) is 32.1 Å². The van der Waals surface area contributed by atoms with Crippen molar-refractivity contribution in [2.75, 3.05) is 32.7 Å². The number of hydrogen-bond acceptors (Lipinski definition) is 3. The van der Waals surface area contributed by atoms with Crippen LogP contribution in [0.4, 0.5) is 0 Å². The molecular formula is C13H25N3S. The van der Waals surface area contributed by atoms with E-state index in [1.54, 1.807) is 0 Å². The second kappa shape index (κ2) is 5.21. The third-order valence-electron chi connectivity index (χ3n) is 4.20. The second-order valence-corrected chi connectivity index (χ2v) is 6.57. The molecule has 0 radical (unpaired) electrons. The van der Waals surface area contributed by atoms with Gasteiger partial charge < -0.3 is 10.6 Å². The van der Waals surface area contributed by atoms with Crippen molar-refractivity contribution < 1.29 is 0 Å². The van der Waals surface area contributed by atoms with Crippen molar-refractivity contribution >= 4 is 17.2 Å². The quantitative estimate of drug-likeness (QED) is 0.754. The predicted octanol–water partition coefficient (Wildman–Crippen LogP) is 1.47. The Morgan fingerprint density at radius 3 is 2.24 bits per heavy atom. The van der Waals surface area contributed by atoms with Crippen LogP contribution in [0.15, 0.2) is 0 Å². The molecule has 4 heteroatoms. The molecule has 98 valence electrons. The molecule has 3 nitrogen and oxygen atoms in total. The summed E-state index contributed by atoms with van der Waals surface area (Å²) in [6.07, 6.45) is 3.58. The molecule has 0 spiro atoms. The minimum atomic E-state index is 0.450. The summed E-state index contributed by atoms with van der Waals surface area (Å²) in [6.45, 7) is 10.6. The summed E-state index contributed by atoms with van der Waals surface area (Å²) in [6, 6.07) is 0.684. The van der Waals surface area contributed by atoms with Gasteiger partial charge in [0.1, 0.15) is 0 Å². The van der Waals surface area contributed by atoms with E-state index < -0.39 is 0 Å². The summed E-state index contributed by atoms with van der Waals surface area (Å²) in [5.74, 6) is 0. The van der Waals surface area contributed by atoms with Crippen LogP contribution in [0, 0.1) is 5.41 Å². The third kappa shape index (κ3) is 3.63. The van der Waals surface area contributed by atoms with Crippen LogP contribution in [-0.4, -0.2) is 53.6 Å². The normalized spacial score (nSPS) is 25.1. The van der Waals surface area contributed by atoms with E-state index in [1.165, 1.54) is 45.6 Å². The summed E-state index contributed by atoms with van der Waals surface area (Å²) >= 11 is 5.06. The van der Waals surface area contributed by atoms with Crippen LogP contribution < -0.4 is 5.73 Å². The number of nitrogens with zero attached hydrogens (tertiary/aromatic N) is 2. The van der Waals surface area contributed by atoms with Crippen LogP contribution in [0.5, 0.6) is 0 Å². The monoisotopic (exact) mass is 255 g/mol. The third-order valence-corrected chi connectivity index (χ3v) is 4.35. The fourth-order valence-electron chi connectivity index (χ4n) is 2.85. The number of rotatable bonds is 5. The molecule has 2 aliphatic rings. The van der Waals surface area contributed by atoms with E-state index in [9.17, 15) is 0 Å². The Kier molecular flexibility index (Phi) is 4.06. The van der Waals surface area contributed by atoms with E-state index in [-0.39, 0.29) is 0 Å². The van der Waals surface area contributed by atoms with Gasteiger partial charge in [0.05, 0.1) is 4.99 Å². The Morgan fingerprint density at radius 1 is 1.24 bits per heavy atom. The van der Waals surface area contributed by atoms with Crippen LogP contribution >= 0.6 is 12.2 Å². The van der Waals surface area contributed by atoms with Gasteiger partial charge in [0.25, 0.3) is 0 Å². The molecule has 0 amide bonds. The molecule has 2 N–H and O–H groups in total. The van der Waals surface area contributed by atoms with Crippen molar-refractivity contribution in [1.82, 2.24) is 9.80 Å². The zero-order chi connectivity index (χ0) is 12.5. The molecule has 2 fully saturated rings. The van der Waals surface area contributed by atoms with Gasteiger partial charge >= 0.3 is 0 Å². The minimum Gasteiger partial charge on any atom is -0.393 e. The topological polar surface area (TPSA) is 32.5 Å². The molecule has 0 atom stereocenters. The Balaban J connectivity index is 1.76. The molecular weight excluding hydrogens is 230 g/mol. The van der Waals surface area contributed by atoms with Crippen LogP contribution in [-0.2, 0) is 0 Å². The van der Waals surface area contributed by atoms with Crippen LogP contribution in [0.3, 0.4) is 0 Å². The summed E-state index contributed by atoms with van der Waals surface area (Å²) in [5, 5.41) is 0. The first-order valence-electron chi connectivity index (χ1n) is 6.75. The number of piperazine rings is 1. The first-order chi connectivity index (χ1) is 8.01. The van der Waals surface area contributed by atoms with Gasteiger partial charge in [0.2, 0.25) is 0 Å². The molecule has 0 bridgehead atoms. The zero-order valence-corrected chi connectivity index (χ0v) is 11.9. The highest BCUT2D eigenvalue weighted by molar-refractivity contribution is 7.80. The Morgan fingerprint density at radius 2 is 1.82 bits per heavy atom. The predicted molar refractivity (Wildman–Crippen MR) is 76.2 cm³/mol. The molecule has 0 aromatic carbocycles. The summed E-state index contributed by atoms with van der Waals surface area (Å²) < 4.78 is 0. The summed E-state index contributed by atoms with van der Waals surface area (Å²) in [5.41, 5.74) is 6.14. The molecule has 17 heavy (non-hydrogen) atoms. The van der Waals surface area contributed by atoms with Crippen LogP contribution in [0.1, 0.15) is 33.1 Å². The highest BCUT2D eigenvalue weighted by atomic mass is 32.1. The molecule has 0 aromatic rings. The maximum absolute atomic E-state index is 5.69. The SMILES string of the molecule is CC(C)N1CCN(CC2(CC(N)=S)CC2)CC1. The van der Waals surface area contributed by atoms with E-state index >= 15 is 0 Å². The molecule has 1 aliphatic heterocycles. The van der Waals surface area contributed by atoms with Gasteiger partial charge in [0, 0.05) is 45.2 Å². The fraction of sp³-hybridized carbons (Fsp3) is 0.923. The van der Waals surface area contributed by atoms with Crippen molar-refractivity contribution in [2.24, 2.45) is 11.1 Å². The van der Waals surface area contributed by atoms with E-state index in [2.05, 4.69) is 23.6 Å². The molecule has 0 unspecified atom stereocenters. The second-order valence-electron chi connectivity index (χ2n) is 6.05. The molecule has 1 saturated heterocycles. The summed E-state index contributed by atoms with van der Waals surface area (Å²) in [7, 11) is 0. The first kappa shape index (κ1) is 13.2. The lowest BCUT2D eigenvalue weighted by Crippen LogP contribution is -2.50. The van der Waals surface area contributed by atoms with Crippen molar-refractivity contribution in [3.63, 3.8) is 0 Å². The number of thiocarbonyl (C=S) groups is 1. The average molecular weight is 255 g/mol. The molecule has 0 aromatic heterocycles. The van der Waals surface area contributed by atoms with E-state index in [0.717, 1.165) is 6.42 Å². The number of nitrogens with two attached hydrogens (primary N) is 1. The van der Waals surface area contributed by atoms with Crippen LogP contribution in [0.2, 0.25) is 0 Å². The summed E-state index contributed by atoms with van der Waals surface area (Å²) in [4.78, 5) is 5.86. The standard InChI is InChI=1S/C13H25N3S/c1-11(2)16-7-5-15(6-8-16)10-13(3-4-13)9-12(14)17/h11H,3-10H2,1-2H3,(H2,14,17). The van der Waals surface area contributed by atoms with Gasteiger partial charge in [0.15, 0.2) is 0 Å². The van der Waals surface area contributed by atoms with Gasteiger partial charge in [-0.2, -0.15) is 0 Å². The molecule has 1 heterocycles. The van der Waals surface area contributed by atoms with Gasteiger partial charge in [-0.15, -0.1) is 0 Å². The highest BCUT2D eigenvalue weighted by Gasteiger charge is 2.44. The van der Waals surface area contributed by atoms with E-state index in [4.69, 9.17) is 18.0 Å². The molecule has 1 saturated carbocycles. The largest absolute Gasteiger partial charge is 0.393 e. The van der Waals surface area contributed by atoms with Crippen LogP contribution in [0.25, 0.3) is 0 Å². The van der Waals surface area contributed by atoms with Gasteiger partial charge in [-0.25, -0.2) is 0 Å².